The number of nitrogens with one attached hydrogen (secondary N) is 2. The van der Waals surface area contributed by atoms with Crippen LogP contribution in [0.3, 0.4) is 0 Å². The molecule has 5 nitrogen and oxygen atoms in total. The zero-order valence-electron chi connectivity index (χ0n) is 15.3. The van der Waals surface area contributed by atoms with Gasteiger partial charge in [0, 0.05) is 50.0 Å². The minimum atomic E-state index is 0. The monoisotopic (exact) mass is 478 g/mol. The molecular formula is C18H31IN4OS. The molecule has 1 aliphatic rings. The van der Waals surface area contributed by atoms with Crippen LogP contribution in [0.15, 0.2) is 29.3 Å². The van der Waals surface area contributed by atoms with Gasteiger partial charge in [-0.2, -0.15) is 11.8 Å². The summed E-state index contributed by atoms with van der Waals surface area (Å²) in [6.07, 6.45) is 0. The lowest BCUT2D eigenvalue weighted by Gasteiger charge is -2.28. The normalized spacial score (nSPS) is 14.8. The second-order valence-corrected chi connectivity index (χ2v) is 6.81. The molecule has 7 heteroatoms. The number of guanidine groups is 1. The molecule has 25 heavy (non-hydrogen) atoms. The Morgan fingerprint density at radius 1 is 1.16 bits per heavy atom. The summed E-state index contributed by atoms with van der Waals surface area (Å²) < 4.78 is 5.34. The maximum absolute atomic E-state index is 5.34. The predicted octanol–water partition coefficient (Wildman–Crippen LogP) is 2.95. The summed E-state index contributed by atoms with van der Waals surface area (Å²) in [6.45, 7) is 10.1. The van der Waals surface area contributed by atoms with Crippen molar-refractivity contribution in [3.63, 3.8) is 0 Å². The smallest absolute Gasteiger partial charge is 0.191 e. The third-order valence-corrected chi connectivity index (χ3v) is 4.76. The summed E-state index contributed by atoms with van der Waals surface area (Å²) in [5, 5.41) is 6.56. The van der Waals surface area contributed by atoms with Crippen molar-refractivity contribution in [3.8, 4) is 0 Å². The van der Waals surface area contributed by atoms with Crippen molar-refractivity contribution in [1.82, 2.24) is 10.6 Å². The van der Waals surface area contributed by atoms with Gasteiger partial charge in [-0.15, -0.1) is 24.0 Å². The number of thioether (sulfide) groups is 1. The van der Waals surface area contributed by atoms with Gasteiger partial charge < -0.3 is 20.3 Å². The molecule has 0 unspecified atom stereocenters. The van der Waals surface area contributed by atoms with E-state index in [1.54, 1.807) is 0 Å². The van der Waals surface area contributed by atoms with E-state index in [0.717, 1.165) is 38.7 Å². The van der Waals surface area contributed by atoms with Crippen molar-refractivity contribution in [2.45, 2.75) is 20.4 Å². The van der Waals surface area contributed by atoms with E-state index in [9.17, 15) is 0 Å². The Labute approximate surface area is 173 Å². The van der Waals surface area contributed by atoms with E-state index in [0.29, 0.717) is 13.2 Å². The first-order chi connectivity index (χ1) is 11.8. The molecule has 1 aromatic carbocycles. The van der Waals surface area contributed by atoms with Crippen LogP contribution in [0.1, 0.15) is 19.4 Å². The number of anilines is 1. The Morgan fingerprint density at radius 3 is 2.52 bits per heavy atom. The molecule has 1 saturated heterocycles. The molecule has 0 aliphatic carbocycles. The molecule has 0 saturated carbocycles. The summed E-state index contributed by atoms with van der Waals surface area (Å²) in [6, 6.07) is 8.81. The van der Waals surface area contributed by atoms with Crippen molar-refractivity contribution in [2.75, 3.05) is 55.8 Å². The molecule has 0 spiro atoms. The minimum absolute atomic E-state index is 0. The van der Waals surface area contributed by atoms with Crippen LogP contribution in [0, 0.1) is 0 Å². The van der Waals surface area contributed by atoms with Gasteiger partial charge >= 0.3 is 0 Å². The summed E-state index contributed by atoms with van der Waals surface area (Å²) in [7, 11) is 0. The van der Waals surface area contributed by atoms with Crippen molar-refractivity contribution in [2.24, 2.45) is 4.99 Å². The van der Waals surface area contributed by atoms with Gasteiger partial charge in [-0.25, -0.2) is 4.99 Å². The number of ether oxygens (including phenoxy) is 1. The number of halogens is 1. The molecular weight excluding hydrogens is 447 g/mol. The zero-order chi connectivity index (χ0) is 17.0. The van der Waals surface area contributed by atoms with Crippen LogP contribution in [-0.4, -0.2) is 56.9 Å². The van der Waals surface area contributed by atoms with Crippen LogP contribution >= 0.6 is 35.7 Å². The van der Waals surface area contributed by atoms with Gasteiger partial charge in [0.2, 0.25) is 0 Å². The highest BCUT2D eigenvalue weighted by atomic mass is 127. The average molecular weight is 478 g/mol. The third-order valence-electron chi connectivity index (χ3n) is 3.82. The van der Waals surface area contributed by atoms with E-state index < -0.39 is 0 Å². The fourth-order valence-corrected chi connectivity index (χ4v) is 3.43. The van der Waals surface area contributed by atoms with Gasteiger partial charge in [-0.1, -0.05) is 12.1 Å². The standard InChI is InChI=1S/C18H30N4OS.HI/c1-3-19-18(20-9-12-23-4-2)21-15-16-5-7-17(8-6-16)22-10-13-24-14-11-22;/h5-8H,3-4,9-15H2,1-2H3,(H2,19,20,21);1H. The first kappa shape index (κ1) is 22.4. The Kier molecular flexibility index (Phi) is 12.1. The molecule has 0 atom stereocenters. The van der Waals surface area contributed by atoms with Gasteiger partial charge in [0.1, 0.15) is 0 Å². The van der Waals surface area contributed by atoms with E-state index in [2.05, 4.69) is 51.7 Å². The quantitative estimate of drug-likeness (QED) is 0.261. The highest BCUT2D eigenvalue weighted by molar-refractivity contribution is 14.0. The molecule has 2 rings (SSSR count). The minimum Gasteiger partial charge on any atom is -0.380 e. The van der Waals surface area contributed by atoms with Crippen molar-refractivity contribution < 1.29 is 4.74 Å². The van der Waals surface area contributed by atoms with Crippen LogP contribution in [0.5, 0.6) is 0 Å². The highest BCUT2D eigenvalue weighted by Crippen LogP contribution is 2.20. The largest absolute Gasteiger partial charge is 0.380 e. The molecule has 0 bridgehead atoms. The third kappa shape index (κ3) is 8.50. The summed E-state index contributed by atoms with van der Waals surface area (Å²) in [5.41, 5.74) is 2.55. The number of nitrogens with zero attached hydrogens (tertiary/aromatic N) is 2. The molecule has 0 radical (unpaired) electrons. The molecule has 1 aromatic rings. The lowest BCUT2D eigenvalue weighted by atomic mass is 10.2. The lowest BCUT2D eigenvalue weighted by molar-refractivity contribution is 0.152. The first-order valence-corrected chi connectivity index (χ1v) is 10.0. The van der Waals surface area contributed by atoms with Crippen LogP contribution < -0.4 is 15.5 Å². The predicted molar refractivity (Wildman–Crippen MR) is 121 cm³/mol. The van der Waals surface area contributed by atoms with Crippen LogP contribution in [0.25, 0.3) is 0 Å². The average Bonchev–Trinajstić information content (AvgIpc) is 2.64. The molecule has 1 heterocycles. The van der Waals surface area contributed by atoms with Gasteiger partial charge in [0.25, 0.3) is 0 Å². The Balaban J connectivity index is 0.00000312. The molecule has 0 amide bonds. The summed E-state index contributed by atoms with van der Waals surface area (Å²) in [5.74, 6) is 3.30. The first-order valence-electron chi connectivity index (χ1n) is 8.85. The summed E-state index contributed by atoms with van der Waals surface area (Å²) in [4.78, 5) is 7.11. The Morgan fingerprint density at radius 2 is 1.88 bits per heavy atom. The molecule has 0 aromatic heterocycles. The van der Waals surface area contributed by atoms with Crippen molar-refractivity contribution in [1.29, 1.82) is 0 Å². The zero-order valence-corrected chi connectivity index (χ0v) is 18.4. The topological polar surface area (TPSA) is 48.9 Å². The van der Waals surface area contributed by atoms with Crippen LogP contribution in [-0.2, 0) is 11.3 Å². The van der Waals surface area contributed by atoms with Gasteiger partial charge in [-0.3, -0.25) is 0 Å². The Hall–Kier alpha value is -0.670. The lowest BCUT2D eigenvalue weighted by Crippen LogP contribution is -2.39. The van der Waals surface area contributed by atoms with E-state index >= 15 is 0 Å². The van der Waals surface area contributed by atoms with Crippen LogP contribution in [0.2, 0.25) is 0 Å². The SMILES string of the molecule is CCNC(=NCc1ccc(N2CCSCC2)cc1)NCCOCC.I. The van der Waals surface area contributed by atoms with Gasteiger partial charge in [-0.05, 0) is 31.5 Å². The van der Waals surface area contributed by atoms with Crippen LogP contribution in [0.4, 0.5) is 5.69 Å². The molecule has 142 valence electrons. The van der Waals surface area contributed by atoms with Gasteiger partial charge in [0.05, 0.1) is 13.2 Å². The van der Waals surface area contributed by atoms with Gasteiger partial charge in [0.15, 0.2) is 5.96 Å². The fraction of sp³-hybridized carbons (Fsp3) is 0.611. The van der Waals surface area contributed by atoms with E-state index in [4.69, 9.17) is 4.74 Å². The Bertz CT molecular complexity index is 492. The molecule has 1 aliphatic heterocycles. The number of benzene rings is 1. The maximum atomic E-state index is 5.34. The van der Waals surface area contributed by atoms with Crippen molar-refractivity contribution >= 4 is 47.4 Å². The highest BCUT2D eigenvalue weighted by Gasteiger charge is 2.10. The van der Waals surface area contributed by atoms with E-state index in [-0.39, 0.29) is 24.0 Å². The number of hydrogen-bond donors (Lipinski definition) is 2. The number of aliphatic imine (C=N–C) groups is 1. The molecule has 2 N–H and O–H groups in total. The van der Waals surface area contributed by atoms with E-state index in [1.807, 2.05) is 18.7 Å². The number of hydrogen-bond acceptors (Lipinski definition) is 4. The van der Waals surface area contributed by atoms with Crippen molar-refractivity contribution in [3.05, 3.63) is 29.8 Å². The second-order valence-electron chi connectivity index (χ2n) is 5.58. The summed E-state index contributed by atoms with van der Waals surface area (Å²) >= 11 is 2.04. The maximum Gasteiger partial charge on any atom is 0.191 e. The molecule has 1 fully saturated rings. The fourth-order valence-electron chi connectivity index (χ4n) is 2.53. The second kappa shape index (κ2) is 13.5. The van der Waals surface area contributed by atoms with E-state index in [1.165, 1.54) is 22.8 Å². The number of rotatable bonds is 8.